The van der Waals surface area contributed by atoms with E-state index in [1.807, 2.05) is 0 Å². The van der Waals surface area contributed by atoms with Gasteiger partial charge in [0, 0.05) is 24.7 Å². The lowest BCUT2D eigenvalue weighted by Gasteiger charge is -2.20. The molecule has 1 aliphatic heterocycles. The van der Waals surface area contributed by atoms with Gasteiger partial charge in [-0.15, -0.1) is 0 Å². The Hall–Kier alpha value is -1.06. The fourth-order valence-corrected chi connectivity index (χ4v) is 2.75. The van der Waals surface area contributed by atoms with Gasteiger partial charge in [-0.1, -0.05) is 44.9 Å². The lowest BCUT2D eigenvalue weighted by atomic mass is 10.2. The molecule has 0 unspecified atom stereocenters. The minimum absolute atomic E-state index is 0.496. The molecule has 0 bridgehead atoms. The summed E-state index contributed by atoms with van der Waals surface area (Å²) in [4.78, 5) is 2.54. The smallest absolute Gasteiger partial charge is 0.123 e. The highest BCUT2D eigenvalue weighted by Crippen LogP contribution is 2.18. The van der Waals surface area contributed by atoms with Crippen LogP contribution in [-0.4, -0.2) is 37.2 Å². The Kier molecular flexibility index (Phi) is 7.04. The number of nitrogens with one attached hydrogen (secondary N) is 1. The number of benzene rings is 1. The van der Waals surface area contributed by atoms with Gasteiger partial charge < -0.3 is 10.1 Å². The number of hydrogen-bond acceptors (Lipinski definition) is 3. The molecule has 1 aliphatic rings. The van der Waals surface area contributed by atoms with E-state index in [1.165, 1.54) is 44.3 Å². The first kappa shape index (κ1) is 16.3. The van der Waals surface area contributed by atoms with Crippen molar-refractivity contribution in [3.8, 4) is 5.75 Å². The molecule has 0 radical (unpaired) electrons. The van der Waals surface area contributed by atoms with Crippen molar-refractivity contribution in [3.63, 3.8) is 0 Å². The van der Waals surface area contributed by atoms with Gasteiger partial charge in [0.05, 0.1) is 0 Å². The predicted molar refractivity (Wildman–Crippen MR) is 88.8 cm³/mol. The Morgan fingerprint density at radius 3 is 2.52 bits per heavy atom. The van der Waals surface area contributed by atoms with Gasteiger partial charge in [0.1, 0.15) is 12.4 Å². The van der Waals surface area contributed by atoms with Gasteiger partial charge in [0.15, 0.2) is 0 Å². The molecule has 3 heteroatoms. The van der Waals surface area contributed by atoms with E-state index >= 15 is 0 Å². The quantitative estimate of drug-likeness (QED) is 0.832. The van der Waals surface area contributed by atoms with Crippen molar-refractivity contribution >= 4 is 0 Å². The normalized spacial score (nSPS) is 16.9. The first-order valence-electron chi connectivity index (χ1n) is 8.42. The third kappa shape index (κ3) is 6.06. The van der Waals surface area contributed by atoms with Gasteiger partial charge in [-0.05, 0) is 32.0 Å². The molecule has 1 N–H and O–H groups in total. The van der Waals surface area contributed by atoms with E-state index in [0.717, 1.165) is 25.4 Å². The van der Waals surface area contributed by atoms with Crippen molar-refractivity contribution in [2.45, 2.75) is 52.1 Å². The van der Waals surface area contributed by atoms with Gasteiger partial charge in [0.2, 0.25) is 0 Å². The largest absolute Gasteiger partial charge is 0.492 e. The Morgan fingerprint density at radius 1 is 1.10 bits per heavy atom. The first-order chi connectivity index (χ1) is 10.3. The zero-order chi connectivity index (χ0) is 14.9. The molecule has 0 saturated carbocycles. The Morgan fingerprint density at radius 2 is 1.81 bits per heavy atom. The predicted octanol–water partition coefficient (Wildman–Crippen LogP) is 3.44. The molecular weight excluding hydrogens is 260 g/mol. The van der Waals surface area contributed by atoms with Crippen molar-refractivity contribution in [1.82, 2.24) is 10.2 Å². The van der Waals surface area contributed by atoms with Crippen LogP contribution < -0.4 is 10.1 Å². The van der Waals surface area contributed by atoms with E-state index in [4.69, 9.17) is 4.74 Å². The molecule has 1 fully saturated rings. The van der Waals surface area contributed by atoms with Crippen LogP contribution in [0.3, 0.4) is 0 Å². The van der Waals surface area contributed by atoms with Gasteiger partial charge >= 0.3 is 0 Å². The molecule has 118 valence electrons. The Balaban J connectivity index is 1.79. The summed E-state index contributed by atoms with van der Waals surface area (Å²) in [5, 5.41) is 3.46. The summed E-state index contributed by atoms with van der Waals surface area (Å²) < 4.78 is 6.03. The minimum atomic E-state index is 0.496. The second-order valence-electron chi connectivity index (χ2n) is 6.25. The highest BCUT2D eigenvalue weighted by atomic mass is 16.5. The number of para-hydroxylation sites is 1. The maximum atomic E-state index is 6.03. The topological polar surface area (TPSA) is 24.5 Å². The van der Waals surface area contributed by atoms with Crippen LogP contribution >= 0.6 is 0 Å². The van der Waals surface area contributed by atoms with Gasteiger partial charge in [-0.3, -0.25) is 4.90 Å². The number of likely N-dealkylation sites (tertiary alicyclic amines) is 1. The van der Waals surface area contributed by atoms with Gasteiger partial charge in [-0.25, -0.2) is 0 Å². The second kappa shape index (κ2) is 9.06. The lowest BCUT2D eigenvalue weighted by Crippen LogP contribution is -2.29. The summed E-state index contributed by atoms with van der Waals surface area (Å²) in [5.74, 6) is 1.03. The molecule has 0 amide bonds. The van der Waals surface area contributed by atoms with Crippen molar-refractivity contribution in [1.29, 1.82) is 0 Å². The van der Waals surface area contributed by atoms with Gasteiger partial charge in [0.25, 0.3) is 0 Å². The number of nitrogens with zero attached hydrogens (tertiary/aromatic N) is 1. The molecule has 0 spiro atoms. The molecule has 1 saturated heterocycles. The van der Waals surface area contributed by atoms with E-state index in [-0.39, 0.29) is 0 Å². The molecule has 0 aliphatic carbocycles. The van der Waals surface area contributed by atoms with Crippen LogP contribution in [0.25, 0.3) is 0 Å². The third-order valence-electron chi connectivity index (χ3n) is 4.04. The number of hydrogen-bond donors (Lipinski definition) is 1. The molecular formula is C18H30N2O. The molecule has 1 aromatic carbocycles. The lowest BCUT2D eigenvalue weighted by molar-refractivity contribution is 0.213. The molecule has 1 heterocycles. The standard InChI is InChI=1S/C18H30N2O/c1-16(2)19-15-17-9-5-6-10-18(17)21-14-13-20-11-7-3-4-8-12-20/h5-6,9-10,16,19H,3-4,7-8,11-15H2,1-2H3. The van der Waals surface area contributed by atoms with E-state index in [0.29, 0.717) is 6.04 Å². The van der Waals surface area contributed by atoms with E-state index in [2.05, 4.69) is 48.3 Å². The van der Waals surface area contributed by atoms with E-state index < -0.39 is 0 Å². The SMILES string of the molecule is CC(C)NCc1ccccc1OCCN1CCCCCC1. The Bertz CT molecular complexity index is 398. The van der Waals surface area contributed by atoms with Crippen molar-refractivity contribution in [3.05, 3.63) is 29.8 Å². The van der Waals surface area contributed by atoms with Crippen LogP contribution in [0.5, 0.6) is 5.75 Å². The fourth-order valence-electron chi connectivity index (χ4n) is 2.75. The van der Waals surface area contributed by atoms with Crippen LogP contribution in [0.15, 0.2) is 24.3 Å². The van der Waals surface area contributed by atoms with Gasteiger partial charge in [-0.2, -0.15) is 0 Å². The highest BCUT2D eigenvalue weighted by molar-refractivity contribution is 5.33. The molecule has 0 aromatic heterocycles. The molecule has 0 atom stereocenters. The van der Waals surface area contributed by atoms with E-state index in [9.17, 15) is 0 Å². The fraction of sp³-hybridized carbons (Fsp3) is 0.667. The van der Waals surface area contributed by atoms with Crippen LogP contribution in [0.2, 0.25) is 0 Å². The van der Waals surface area contributed by atoms with E-state index in [1.54, 1.807) is 0 Å². The maximum absolute atomic E-state index is 6.03. The molecule has 1 aromatic rings. The average Bonchev–Trinajstić information content (AvgIpc) is 2.75. The summed E-state index contributed by atoms with van der Waals surface area (Å²) >= 11 is 0. The first-order valence-corrected chi connectivity index (χ1v) is 8.42. The number of rotatable bonds is 7. The van der Waals surface area contributed by atoms with Crippen molar-refractivity contribution in [2.24, 2.45) is 0 Å². The molecule has 2 rings (SSSR count). The highest BCUT2D eigenvalue weighted by Gasteiger charge is 2.09. The molecule has 21 heavy (non-hydrogen) atoms. The summed E-state index contributed by atoms with van der Waals surface area (Å²) in [5.41, 5.74) is 1.25. The maximum Gasteiger partial charge on any atom is 0.123 e. The zero-order valence-electron chi connectivity index (χ0n) is 13.6. The van der Waals surface area contributed by atoms with Crippen LogP contribution in [0.1, 0.15) is 45.1 Å². The minimum Gasteiger partial charge on any atom is -0.492 e. The van der Waals surface area contributed by atoms with Crippen LogP contribution in [0.4, 0.5) is 0 Å². The average molecular weight is 290 g/mol. The zero-order valence-corrected chi connectivity index (χ0v) is 13.6. The Labute approximate surface area is 129 Å². The van der Waals surface area contributed by atoms with Crippen molar-refractivity contribution < 1.29 is 4.74 Å². The van der Waals surface area contributed by atoms with Crippen LogP contribution in [0, 0.1) is 0 Å². The van der Waals surface area contributed by atoms with Crippen LogP contribution in [-0.2, 0) is 6.54 Å². The van der Waals surface area contributed by atoms with Crippen molar-refractivity contribution in [2.75, 3.05) is 26.2 Å². The monoisotopic (exact) mass is 290 g/mol. The summed E-state index contributed by atoms with van der Waals surface area (Å²) in [6.45, 7) is 9.52. The summed E-state index contributed by atoms with van der Waals surface area (Å²) in [6.07, 6.45) is 5.46. The third-order valence-corrected chi connectivity index (χ3v) is 4.04. The number of ether oxygens (including phenoxy) is 1. The second-order valence-corrected chi connectivity index (χ2v) is 6.25. The summed E-state index contributed by atoms with van der Waals surface area (Å²) in [6, 6.07) is 8.87. The summed E-state index contributed by atoms with van der Waals surface area (Å²) in [7, 11) is 0. The molecule has 3 nitrogen and oxygen atoms in total.